The molecule has 0 unspecified atom stereocenters. The summed E-state index contributed by atoms with van der Waals surface area (Å²) in [7, 11) is 1.70. The Bertz CT molecular complexity index is 710. The third kappa shape index (κ3) is 6.57. The van der Waals surface area contributed by atoms with Crippen LogP contribution >= 0.6 is 23.4 Å². The molecule has 0 aliphatic heterocycles. The quantitative estimate of drug-likeness (QED) is 0.298. The molecule has 2 rings (SSSR count). The lowest BCUT2D eigenvalue weighted by atomic mass is 10.1. The first-order valence-corrected chi connectivity index (χ1v) is 9.19. The summed E-state index contributed by atoms with van der Waals surface area (Å²) < 4.78 is 13.4. The molecule has 0 saturated carbocycles. The molecule has 0 saturated heterocycles. The molecule has 7 heteroatoms. The van der Waals surface area contributed by atoms with E-state index in [9.17, 15) is 4.39 Å². The van der Waals surface area contributed by atoms with E-state index >= 15 is 0 Å². The number of nitrogens with zero attached hydrogens (tertiary/aromatic N) is 1. The van der Waals surface area contributed by atoms with Crippen LogP contribution in [-0.2, 0) is 13.2 Å². The minimum absolute atomic E-state index is 0.293. The maximum Gasteiger partial charge on any atom is 0.191 e. The molecule has 4 nitrogen and oxygen atoms in total. The summed E-state index contributed by atoms with van der Waals surface area (Å²) in [5.74, 6) is 1.16. The highest BCUT2D eigenvalue weighted by Crippen LogP contribution is 2.19. The number of thioether (sulfide) groups is 1. The van der Waals surface area contributed by atoms with Crippen LogP contribution in [0.3, 0.4) is 0 Å². The van der Waals surface area contributed by atoms with Gasteiger partial charge in [0, 0.05) is 41.4 Å². The monoisotopic (exact) mass is 381 g/mol. The van der Waals surface area contributed by atoms with E-state index in [1.807, 2.05) is 24.3 Å². The molecule has 0 spiro atoms. The van der Waals surface area contributed by atoms with E-state index in [2.05, 4.69) is 15.6 Å². The van der Waals surface area contributed by atoms with E-state index in [0.29, 0.717) is 18.1 Å². The summed E-state index contributed by atoms with van der Waals surface area (Å²) >= 11 is 7.60. The first-order valence-electron chi connectivity index (χ1n) is 7.83. The van der Waals surface area contributed by atoms with Gasteiger partial charge in [-0.2, -0.15) is 0 Å². The van der Waals surface area contributed by atoms with Crippen LogP contribution < -0.4 is 10.6 Å². The molecule has 0 aliphatic rings. The van der Waals surface area contributed by atoms with E-state index in [0.717, 1.165) is 27.8 Å². The molecule has 0 atom stereocenters. The van der Waals surface area contributed by atoms with Crippen LogP contribution in [0.15, 0.2) is 52.4 Å². The first-order chi connectivity index (χ1) is 12.1. The predicted octanol–water partition coefficient (Wildman–Crippen LogP) is 3.43. The Hall–Kier alpha value is -1.76. The molecule has 2 aromatic carbocycles. The Labute approximate surface area is 156 Å². The minimum Gasteiger partial charge on any atom is -0.392 e. The fraction of sp³-hybridized carbons (Fsp3) is 0.278. The minimum atomic E-state index is -0.395. The highest BCUT2D eigenvalue weighted by atomic mass is 35.5. The first kappa shape index (κ1) is 19.6. The number of benzene rings is 2. The zero-order valence-corrected chi connectivity index (χ0v) is 15.5. The van der Waals surface area contributed by atoms with E-state index in [4.69, 9.17) is 16.7 Å². The molecule has 0 radical (unpaired) electrons. The molecule has 0 heterocycles. The Morgan fingerprint density at radius 3 is 2.64 bits per heavy atom. The summed E-state index contributed by atoms with van der Waals surface area (Å²) in [6.07, 6.45) is 0. The SMILES string of the molecule is CN=C(NCCSc1ccc(Cl)cc1)NCc1ccc(F)c(CO)c1. The van der Waals surface area contributed by atoms with Gasteiger partial charge in [-0.1, -0.05) is 17.7 Å². The van der Waals surface area contributed by atoms with Crippen molar-refractivity contribution in [3.63, 3.8) is 0 Å². The summed E-state index contributed by atoms with van der Waals surface area (Å²) in [4.78, 5) is 5.33. The number of guanidine groups is 1. The van der Waals surface area contributed by atoms with Gasteiger partial charge in [-0.15, -0.1) is 11.8 Å². The van der Waals surface area contributed by atoms with E-state index in [1.165, 1.54) is 6.07 Å². The molecule has 25 heavy (non-hydrogen) atoms. The second-order valence-electron chi connectivity index (χ2n) is 5.24. The summed E-state index contributed by atoms with van der Waals surface area (Å²) in [6, 6.07) is 12.4. The number of rotatable bonds is 7. The van der Waals surface area contributed by atoms with Crippen LogP contribution in [0, 0.1) is 5.82 Å². The highest BCUT2D eigenvalue weighted by molar-refractivity contribution is 7.99. The molecule has 0 fully saturated rings. The molecule has 134 valence electrons. The van der Waals surface area contributed by atoms with Crippen LogP contribution in [-0.4, -0.2) is 30.4 Å². The van der Waals surface area contributed by atoms with Gasteiger partial charge in [0.05, 0.1) is 6.61 Å². The van der Waals surface area contributed by atoms with Gasteiger partial charge in [-0.05, 0) is 42.0 Å². The Morgan fingerprint density at radius 1 is 1.20 bits per heavy atom. The average Bonchev–Trinajstić information content (AvgIpc) is 2.63. The van der Waals surface area contributed by atoms with Crippen LogP contribution in [0.4, 0.5) is 4.39 Å². The number of aliphatic hydroxyl groups is 1. The fourth-order valence-electron chi connectivity index (χ4n) is 2.13. The van der Waals surface area contributed by atoms with Crippen LogP contribution in [0.5, 0.6) is 0 Å². The van der Waals surface area contributed by atoms with Crippen molar-refractivity contribution in [3.05, 3.63) is 64.4 Å². The van der Waals surface area contributed by atoms with Gasteiger partial charge in [-0.3, -0.25) is 4.99 Å². The summed E-state index contributed by atoms with van der Waals surface area (Å²) in [6.45, 7) is 0.935. The number of hydrogen-bond donors (Lipinski definition) is 3. The maximum atomic E-state index is 13.4. The molecule has 0 aliphatic carbocycles. The molecule has 2 aromatic rings. The third-order valence-corrected chi connectivity index (χ3v) is 4.71. The smallest absolute Gasteiger partial charge is 0.191 e. The highest BCUT2D eigenvalue weighted by Gasteiger charge is 2.04. The molecular formula is C18H21ClFN3OS. The van der Waals surface area contributed by atoms with Crippen LogP contribution in [0.1, 0.15) is 11.1 Å². The number of aliphatic imine (C=N–C) groups is 1. The average molecular weight is 382 g/mol. The van der Waals surface area contributed by atoms with Gasteiger partial charge in [0.25, 0.3) is 0 Å². The second kappa shape index (κ2) is 10.3. The van der Waals surface area contributed by atoms with Crippen LogP contribution in [0.2, 0.25) is 5.02 Å². The van der Waals surface area contributed by atoms with Crippen molar-refractivity contribution < 1.29 is 9.50 Å². The van der Waals surface area contributed by atoms with Crippen molar-refractivity contribution >= 4 is 29.3 Å². The van der Waals surface area contributed by atoms with Gasteiger partial charge < -0.3 is 15.7 Å². The number of hydrogen-bond acceptors (Lipinski definition) is 3. The number of aliphatic hydroxyl groups excluding tert-OH is 1. The fourth-order valence-corrected chi connectivity index (χ4v) is 3.03. The van der Waals surface area contributed by atoms with Gasteiger partial charge in [-0.25, -0.2) is 4.39 Å². The topological polar surface area (TPSA) is 56.7 Å². The third-order valence-electron chi connectivity index (χ3n) is 3.44. The zero-order chi connectivity index (χ0) is 18.1. The van der Waals surface area contributed by atoms with E-state index in [-0.39, 0.29) is 6.61 Å². The normalized spacial score (nSPS) is 11.4. The Morgan fingerprint density at radius 2 is 1.96 bits per heavy atom. The molecular weight excluding hydrogens is 361 g/mol. The maximum absolute atomic E-state index is 13.4. The summed E-state index contributed by atoms with van der Waals surface area (Å²) in [5, 5.41) is 16.2. The van der Waals surface area contributed by atoms with Crippen molar-refractivity contribution in [3.8, 4) is 0 Å². The van der Waals surface area contributed by atoms with Crippen molar-refractivity contribution in [1.29, 1.82) is 0 Å². The zero-order valence-electron chi connectivity index (χ0n) is 13.9. The van der Waals surface area contributed by atoms with Crippen LogP contribution in [0.25, 0.3) is 0 Å². The van der Waals surface area contributed by atoms with Gasteiger partial charge in [0.1, 0.15) is 5.82 Å². The Kier molecular flexibility index (Phi) is 8.04. The largest absolute Gasteiger partial charge is 0.392 e. The van der Waals surface area contributed by atoms with Gasteiger partial charge in [0.15, 0.2) is 5.96 Å². The Balaban J connectivity index is 1.74. The lowest BCUT2D eigenvalue weighted by Crippen LogP contribution is -2.37. The molecule has 0 bridgehead atoms. The van der Waals surface area contributed by atoms with Gasteiger partial charge in [0.2, 0.25) is 0 Å². The van der Waals surface area contributed by atoms with Crippen molar-refractivity contribution in [2.24, 2.45) is 4.99 Å². The standard InChI is InChI=1S/C18H21ClFN3OS/c1-21-18(22-8-9-25-16-5-3-15(19)4-6-16)23-11-13-2-7-17(20)14(10-13)12-24/h2-7,10,24H,8-9,11-12H2,1H3,(H2,21,22,23). The predicted molar refractivity (Wildman–Crippen MR) is 103 cm³/mol. The van der Waals surface area contributed by atoms with Crippen molar-refractivity contribution in [2.75, 3.05) is 19.3 Å². The van der Waals surface area contributed by atoms with E-state index < -0.39 is 5.82 Å². The van der Waals surface area contributed by atoms with E-state index in [1.54, 1.807) is 30.9 Å². The summed E-state index contributed by atoms with van der Waals surface area (Å²) in [5.41, 5.74) is 1.17. The van der Waals surface area contributed by atoms with Crippen molar-refractivity contribution in [1.82, 2.24) is 10.6 Å². The lowest BCUT2D eigenvalue weighted by Gasteiger charge is -2.12. The molecule has 0 aromatic heterocycles. The molecule has 0 amide bonds. The lowest BCUT2D eigenvalue weighted by molar-refractivity contribution is 0.275. The van der Waals surface area contributed by atoms with Gasteiger partial charge >= 0.3 is 0 Å². The number of halogens is 2. The number of nitrogens with one attached hydrogen (secondary N) is 2. The second-order valence-corrected chi connectivity index (χ2v) is 6.84. The molecule has 3 N–H and O–H groups in total. The van der Waals surface area contributed by atoms with Crippen molar-refractivity contribution in [2.45, 2.75) is 18.0 Å².